The zero-order valence-corrected chi connectivity index (χ0v) is 7.95. The van der Waals surface area contributed by atoms with Crippen molar-refractivity contribution in [2.75, 3.05) is 6.54 Å². The van der Waals surface area contributed by atoms with Gasteiger partial charge in [-0.25, -0.2) is 0 Å². The number of hydrogen-bond donors (Lipinski definition) is 1. The maximum absolute atomic E-state index is 5.43. The Bertz CT molecular complexity index is 263. The second-order valence-corrected chi connectivity index (χ2v) is 3.77. The lowest BCUT2D eigenvalue weighted by Gasteiger charge is -1.99. The van der Waals surface area contributed by atoms with Crippen LogP contribution in [0.3, 0.4) is 0 Å². The van der Waals surface area contributed by atoms with Gasteiger partial charge in [0.1, 0.15) is 0 Å². The standard InChI is InChI=1S/C10H17N3/c11-6-1-2-7-13-8-5-10(12-13)9-3-4-9/h5,8-9H,1-4,6-7,11H2. The molecule has 0 bridgehead atoms. The predicted molar refractivity (Wildman–Crippen MR) is 52.5 cm³/mol. The highest BCUT2D eigenvalue weighted by Gasteiger charge is 2.25. The van der Waals surface area contributed by atoms with E-state index in [0.29, 0.717) is 0 Å². The van der Waals surface area contributed by atoms with Crippen molar-refractivity contribution in [3.63, 3.8) is 0 Å². The van der Waals surface area contributed by atoms with Crippen LogP contribution in [0, 0.1) is 0 Å². The Morgan fingerprint density at radius 2 is 2.31 bits per heavy atom. The Morgan fingerprint density at radius 3 is 3.00 bits per heavy atom. The molecule has 1 heterocycles. The van der Waals surface area contributed by atoms with Gasteiger partial charge in [0.05, 0.1) is 5.69 Å². The summed E-state index contributed by atoms with van der Waals surface area (Å²) in [5, 5.41) is 4.52. The van der Waals surface area contributed by atoms with Crippen molar-refractivity contribution in [1.82, 2.24) is 9.78 Å². The highest BCUT2D eigenvalue weighted by molar-refractivity contribution is 5.12. The Hall–Kier alpha value is -0.830. The van der Waals surface area contributed by atoms with E-state index in [1.807, 2.05) is 4.68 Å². The molecule has 0 aliphatic heterocycles. The first-order valence-electron chi connectivity index (χ1n) is 5.13. The highest BCUT2D eigenvalue weighted by atomic mass is 15.3. The fourth-order valence-corrected chi connectivity index (χ4v) is 1.52. The van der Waals surface area contributed by atoms with Crippen molar-refractivity contribution in [3.05, 3.63) is 18.0 Å². The summed E-state index contributed by atoms with van der Waals surface area (Å²) in [6, 6.07) is 2.15. The molecule has 2 N–H and O–H groups in total. The SMILES string of the molecule is NCCCCn1ccc(C2CC2)n1. The molecule has 0 saturated heterocycles. The van der Waals surface area contributed by atoms with Gasteiger partial charge in [-0.1, -0.05) is 0 Å². The van der Waals surface area contributed by atoms with Crippen LogP contribution in [0.4, 0.5) is 0 Å². The van der Waals surface area contributed by atoms with E-state index < -0.39 is 0 Å². The summed E-state index contributed by atoms with van der Waals surface area (Å²) in [4.78, 5) is 0. The van der Waals surface area contributed by atoms with Gasteiger partial charge in [0.2, 0.25) is 0 Å². The molecule has 3 heteroatoms. The Kier molecular flexibility index (Phi) is 2.64. The van der Waals surface area contributed by atoms with Gasteiger partial charge >= 0.3 is 0 Å². The van der Waals surface area contributed by atoms with Gasteiger partial charge < -0.3 is 5.73 Å². The van der Waals surface area contributed by atoms with E-state index >= 15 is 0 Å². The van der Waals surface area contributed by atoms with Crippen molar-refractivity contribution >= 4 is 0 Å². The van der Waals surface area contributed by atoms with Crippen molar-refractivity contribution < 1.29 is 0 Å². The maximum atomic E-state index is 5.43. The van der Waals surface area contributed by atoms with E-state index in [2.05, 4.69) is 17.4 Å². The van der Waals surface area contributed by atoms with Crippen molar-refractivity contribution in [2.45, 2.75) is 38.1 Å². The monoisotopic (exact) mass is 179 g/mol. The van der Waals surface area contributed by atoms with Crippen molar-refractivity contribution in [2.24, 2.45) is 5.73 Å². The molecule has 1 aliphatic rings. The highest BCUT2D eigenvalue weighted by Crippen LogP contribution is 2.38. The normalized spacial score (nSPS) is 16.4. The summed E-state index contributed by atoms with van der Waals surface area (Å²) in [7, 11) is 0. The minimum Gasteiger partial charge on any atom is -0.330 e. The van der Waals surface area contributed by atoms with E-state index in [-0.39, 0.29) is 0 Å². The van der Waals surface area contributed by atoms with Crippen LogP contribution in [0.1, 0.15) is 37.3 Å². The lowest BCUT2D eigenvalue weighted by Crippen LogP contribution is -2.03. The number of unbranched alkanes of at least 4 members (excludes halogenated alkanes) is 1. The van der Waals surface area contributed by atoms with Crippen LogP contribution >= 0.6 is 0 Å². The van der Waals surface area contributed by atoms with Gasteiger partial charge in [-0.3, -0.25) is 4.68 Å². The first-order chi connectivity index (χ1) is 6.40. The molecule has 0 atom stereocenters. The smallest absolute Gasteiger partial charge is 0.0655 e. The number of rotatable bonds is 5. The van der Waals surface area contributed by atoms with E-state index in [4.69, 9.17) is 5.73 Å². The van der Waals surface area contributed by atoms with Gasteiger partial charge in [-0.15, -0.1) is 0 Å². The van der Waals surface area contributed by atoms with Crippen LogP contribution in [0.2, 0.25) is 0 Å². The largest absolute Gasteiger partial charge is 0.330 e. The molecule has 1 aliphatic carbocycles. The Balaban J connectivity index is 1.82. The van der Waals surface area contributed by atoms with Crippen LogP contribution in [0.25, 0.3) is 0 Å². The van der Waals surface area contributed by atoms with Crippen LogP contribution in [0.5, 0.6) is 0 Å². The van der Waals surface area contributed by atoms with Gasteiger partial charge in [0, 0.05) is 18.7 Å². The van der Waals surface area contributed by atoms with E-state index in [0.717, 1.165) is 31.8 Å². The quantitative estimate of drug-likeness (QED) is 0.696. The number of hydrogen-bond acceptors (Lipinski definition) is 2. The minimum atomic E-state index is 0.774. The number of nitrogens with two attached hydrogens (primary N) is 1. The summed E-state index contributed by atoms with van der Waals surface area (Å²) < 4.78 is 2.04. The summed E-state index contributed by atoms with van der Waals surface area (Å²) in [6.45, 7) is 1.81. The third kappa shape index (κ3) is 2.31. The number of aromatic nitrogens is 2. The Morgan fingerprint density at radius 1 is 1.46 bits per heavy atom. The minimum absolute atomic E-state index is 0.774. The molecule has 1 aromatic rings. The van der Waals surface area contributed by atoms with Gasteiger partial charge in [-0.05, 0) is 38.3 Å². The molecule has 1 saturated carbocycles. The first-order valence-corrected chi connectivity index (χ1v) is 5.13. The zero-order chi connectivity index (χ0) is 9.10. The molecule has 1 aromatic heterocycles. The first kappa shape index (κ1) is 8.75. The average molecular weight is 179 g/mol. The van der Waals surface area contributed by atoms with Crippen LogP contribution < -0.4 is 5.73 Å². The lowest BCUT2D eigenvalue weighted by atomic mass is 10.3. The fourth-order valence-electron chi connectivity index (χ4n) is 1.52. The second kappa shape index (κ2) is 3.92. The van der Waals surface area contributed by atoms with Gasteiger partial charge in [0.25, 0.3) is 0 Å². The van der Waals surface area contributed by atoms with Crippen molar-refractivity contribution in [3.8, 4) is 0 Å². The summed E-state index contributed by atoms with van der Waals surface area (Å²) in [5.74, 6) is 0.774. The van der Waals surface area contributed by atoms with E-state index in [1.165, 1.54) is 18.5 Å². The van der Waals surface area contributed by atoms with E-state index in [1.54, 1.807) is 0 Å². The van der Waals surface area contributed by atoms with Crippen molar-refractivity contribution in [1.29, 1.82) is 0 Å². The van der Waals surface area contributed by atoms with Crippen LogP contribution in [0.15, 0.2) is 12.3 Å². The summed E-state index contributed by atoms with van der Waals surface area (Å²) >= 11 is 0. The molecular weight excluding hydrogens is 162 g/mol. The molecule has 0 unspecified atom stereocenters. The number of nitrogens with zero attached hydrogens (tertiary/aromatic N) is 2. The molecule has 3 nitrogen and oxygen atoms in total. The average Bonchev–Trinajstić information content (AvgIpc) is 2.88. The Labute approximate surface area is 78.9 Å². The molecule has 0 spiro atoms. The topological polar surface area (TPSA) is 43.8 Å². The fraction of sp³-hybridized carbons (Fsp3) is 0.700. The van der Waals surface area contributed by atoms with Gasteiger partial charge in [-0.2, -0.15) is 5.10 Å². The molecule has 1 fully saturated rings. The molecule has 0 aromatic carbocycles. The second-order valence-electron chi connectivity index (χ2n) is 3.77. The molecule has 13 heavy (non-hydrogen) atoms. The molecule has 0 radical (unpaired) electrons. The summed E-state index contributed by atoms with van der Waals surface area (Å²) in [6.07, 6.45) is 6.99. The molecular formula is C10H17N3. The van der Waals surface area contributed by atoms with Crippen LogP contribution in [-0.4, -0.2) is 16.3 Å². The lowest BCUT2D eigenvalue weighted by molar-refractivity contribution is 0.556. The molecule has 0 amide bonds. The van der Waals surface area contributed by atoms with Gasteiger partial charge in [0.15, 0.2) is 0 Å². The molecule has 72 valence electrons. The third-order valence-corrected chi connectivity index (χ3v) is 2.50. The van der Waals surface area contributed by atoms with Crippen LogP contribution in [-0.2, 0) is 6.54 Å². The maximum Gasteiger partial charge on any atom is 0.0655 e. The third-order valence-electron chi connectivity index (χ3n) is 2.50. The summed E-state index contributed by atoms with van der Waals surface area (Å²) in [5.41, 5.74) is 6.71. The van der Waals surface area contributed by atoms with E-state index in [9.17, 15) is 0 Å². The molecule has 2 rings (SSSR count). The predicted octanol–water partition coefficient (Wildman–Crippen LogP) is 1.50. The zero-order valence-electron chi connectivity index (χ0n) is 7.95. The number of aryl methyl sites for hydroxylation is 1.